The number of carbonyl (C=O) groups is 2. The van der Waals surface area contributed by atoms with Crippen molar-refractivity contribution < 1.29 is 14.3 Å². The van der Waals surface area contributed by atoms with Crippen molar-refractivity contribution in [1.82, 2.24) is 0 Å². The monoisotopic (exact) mass is 264 g/mol. The van der Waals surface area contributed by atoms with Gasteiger partial charge in [0.15, 0.2) is 5.78 Å². The van der Waals surface area contributed by atoms with Gasteiger partial charge in [-0.1, -0.05) is 31.9 Å². The molecule has 3 atom stereocenters. The predicted molar refractivity (Wildman–Crippen MR) is 73.6 cm³/mol. The van der Waals surface area contributed by atoms with Crippen molar-refractivity contribution in [2.75, 3.05) is 6.61 Å². The minimum absolute atomic E-state index is 0.0964. The Kier molecular flexibility index (Phi) is 4.43. The van der Waals surface area contributed by atoms with Gasteiger partial charge in [0.05, 0.1) is 6.61 Å². The number of ketones is 1. The second-order valence-corrected chi connectivity index (χ2v) is 5.61. The Morgan fingerprint density at radius 3 is 2.89 bits per heavy atom. The first-order valence-corrected chi connectivity index (χ1v) is 7.56. The standard InChI is InChI=1S/C16H24O3/c1-3-5-6-7-8-9-12-13-10-11-14(17)16(12,13)15(18)19-4-2/h8-9,12-13H,3-7,10-11H2,1-2H3/b9-8+/t12-,13-,16+/m0/s1. The molecule has 0 aliphatic heterocycles. The first-order valence-electron chi connectivity index (χ1n) is 7.56. The van der Waals surface area contributed by atoms with Gasteiger partial charge in [0.1, 0.15) is 5.41 Å². The molecule has 0 spiro atoms. The highest BCUT2D eigenvalue weighted by molar-refractivity contribution is 6.10. The minimum atomic E-state index is -0.794. The molecule has 0 aromatic heterocycles. The Balaban J connectivity index is 1.96. The molecule has 0 amide bonds. The molecular formula is C16H24O3. The summed E-state index contributed by atoms with van der Waals surface area (Å²) < 4.78 is 5.12. The number of Topliss-reactive ketones (excluding diaryl/α,β-unsaturated/α-hetero) is 1. The summed E-state index contributed by atoms with van der Waals surface area (Å²) in [6.45, 7) is 4.33. The lowest BCUT2D eigenvalue weighted by Crippen LogP contribution is -2.28. The summed E-state index contributed by atoms with van der Waals surface area (Å²) in [6, 6.07) is 0. The van der Waals surface area contributed by atoms with E-state index in [9.17, 15) is 9.59 Å². The summed E-state index contributed by atoms with van der Waals surface area (Å²) in [5.41, 5.74) is -0.794. The lowest BCUT2D eigenvalue weighted by atomic mass is 9.98. The van der Waals surface area contributed by atoms with Crippen molar-refractivity contribution in [3.8, 4) is 0 Å². The largest absolute Gasteiger partial charge is 0.465 e. The van der Waals surface area contributed by atoms with Gasteiger partial charge in [-0.05, 0) is 32.1 Å². The van der Waals surface area contributed by atoms with Crippen LogP contribution in [0.25, 0.3) is 0 Å². The third-order valence-electron chi connectivity index (χ3n) is 4.51. The van der Waals surface area contributed by atoms with Crippen LogP contribution in [0.2, 0.25) is 0 Å². The van der Waals surface area contributed by atoms with Crippen molar-refractivity contribution in [3.63, 3.8) is 0 Å². The van der Waals surface area contributed by atoms with E-state index in [1.165, 1.54) is 19.3 Å². The maximum absolute atomic E-state index is 12.1. The lowest BCUT2D eigenvalue weighted by Gasteiger charge is -2.11. The Morgan fingerprint density at radius 1 is 1.42 bits per heavy atom. The highest BCUT2D eigenvalue weighted by Crippen LogP contribution is 2.67. The zero-order chi connectivity index (χ0) is 13.9. The molecule has 0 aromatic rings. The molecule has 0 saturated heterocycles. The fraction of sp³-hybridized carbons (Fsp3) is 0.750. The maximum Gasteiger partial charge on any atom is 0.320 e. The van der Waals surface area contributed by atoms with Gasteiger partial charge in [-0.2, -0.15) is 0 Å². The Bertz CT molecular complexity index is 385. The van der Waals surface area contributed by atoms with Gasteiger partial charge in [-0.15, -0.1) is 0 Å². The molecular weight excluding hydrogens is 240 g/mol. The zero-order valence-corrected chi connectivity index (χ0v) is 12.0. The number of hydrogen-bond acceptors (Lipinski definition) is 3. The first kappa shape index (κ1) is 14.3. The molecule has 2 aliphatic carbocycles. The summed E-state index contributed by atoms with van der Waals surface area (Å²) in [6.07, 6.45) is 10.3. The molecule has 0 heterocycles. The van der Waals surface area contributed by atoms with Crippen molar-refractivity contribution in [2.24, 2.45) is 17.3 Å². The molecule has 2 rings (SSSR count). The summed E-state index contributed by atoms with van der Waals surface area (Å²) in [5, 5.41) is 0. The van der Waals surface area contributed by atoms with E-state index in [1.54, 1.807) is 6.92 Å². The van der Waals surface area contributed by atoms with E-state index >= 15 is 0 Å². The molecule has 3 heteroatoms. The van der Waals surface area contributed by atoms with Gasteiger partial charge in [-0.25, -0.2) is 0 Å². The van der Waals surface area contributed by atoms with Crippen LogP contribution in [0.4, 0.5) is 0 Å². The number of esters is 1. The van der Waals surface area contributed by atoms with Gasteiger partial charge >= 0.3 is 5.97 Å². The number of allylic oxidation sites excluding steroid dienone is 2. The molecule has 0 N–H and O–H groups in total. The summed E-state index contributed by atoms with van der Waals surface area (Å²) in [7, 11) is 0. The van der Waals surface area contributed by atoms with Crippen LogP contribution >= 0.6 is 0 Å². The third-order valence-corrected chi connectivity index (χ3v) is 4.51. The Labute approximate surface area is 115 Å². The number of ether oxygens (including phenoxy) is 1. The summed E-state index contributed by atoms with van der Waals surface area (Å²) >= 11 is 0. The molecule has 19 heavy (non-hydrogen) atoms. The smallest absolute Gasteiger partial charge is 0.320 e. The van der Waals surface area contributed by atoms with Crippen LogP contribution in [0.15, 0.2) is 12.2 Å². The molecule has 2 aliphatic rings. The van der Waals surface area contributed by atoms with Crippen molar-refractivity contribution in [2.45, 2.75) is 52.4 Å². The number of hydrogen-bond donors (Lipinski definition) is 0. The average Bonchev–Trinajstić information content (AvgIpc) is 2.91. The van der Waals surface area contributed by atoms with Gasteiger partial charge in [0.2, 0.25) is 0 Å². The van der Waals surface area contributed by atoms with Crippen molar-refractivity contribution in [1.29, 1.82) is 0 Å². The average molecular weight is 264 g/mol. The van der Waals surface area contributed by atoms with Crippen LogP contribution in [0, 0.1) is 17.3 Å². The molecule has 0 aromatic carbocycles. The van der Waals surface area contributed by atoms with Gasteiger partial charge in [-0.3, -0.25) is 9.59 Å². The lowest BCUT2D eigenvalue weighted by molar-refractivity contribution is -0.153. The van der Waals surface area contributed by atoms with E-state index in [1.807, 2.05) is 0 Å². The number of carbonyl (C=O) groups excluding carboxylic acids is 2. The van der Waals surface area contributed by atoms with Crippen molar-refractivity contribution >= 4 is 11.8 Å². The van der Waals surface area contributed by atoms with Crippen LogP contribution in [-0.2, 0) is 14.3 Å². The highest BCUT2D eigenvalue weighted by atomic mass is 16.5. The molecule has 0 bridgehead atoms. The molecule has 2 saturated carbocycles. The zero-order valence-electron chi connectivity index (χ0n) is 12.0. The molecule has 0 radical (unpaired) electrons. The molecule has 0 unspecified atom stereocenters. The van der Waals surface area contributed by atoms with Gasteiger partial charge < -0.3 is 4.74 Å². The Hall–Kier alpha value is -1.12. The highest BCUT2D eigenvalue weighted by Gasteiger charge is 2.76. The number of unbranched alkanes of at least 4 members (excludes halogenated alkanes) is 3. The predicted octanol–water partition coefficient (Wildman–Crippen LogP) is 3.28. The van der Waals surface area contributed by atoms with E-state index in [0.29, 0.717) is 13.0 Å². The molecule has 106 valence electrons. The fourth-order valence-corrected chi connectivity index (χ4v) is 3.48. The second kappa shape index (κ2) is 5.89. The van der Waals surface area contributed by atoms with Crippen molar-refractivity contribution in [3.05, 3.63) is 12.2 Å². The van der Waals surface area contributed by atoms with E-state index in [0.717, 1.165) is 12.8 Å². The topological polar surface area (TPSA) is 43.4 Å². The van der Waals surface area contributed by atoms with E-state index < -0.39 is 5.41 Å². The SMILES string of the molecule is CCCCC/C=C/[C@H]1[C@@H]2CCC(=O)[C@@]12C(=O)OCC. The first-order chi connectivity index (χ1) is 9.19. The maximum atomic E-state index is 12.1. The van der Waals surface area contributed by atoms with E-state index in [2.05, 4.69) is 19.1 Å². The third kappa shape index (κ3) is 2.35. The normalized spacial score (nSPS) is 32.6. The van der Waals surface area contributed by atoms with Crippen LogP contribution in [0.1, 0.15) is 52.4 Å². The van der Waals surface area contributed by atoms with E-state index in [-0.39, 0.29) is 23.6 Å². The van der Waals surface area contributed by atoms with Gasteiger partial charge in [0, 0.05) is 12.3 Å². The van der Waals surface area contributed by atoms with Crippen LogP contribution in [-0.4, -0.2) is 18.4 Å². The quantitative estimate of drug-likeness (QED) is 0.307. The number of rotatable bonds is 7. The Morgan fingerprint density at radius 2 is 2.21 bits per heavy atom. The molecule has 3 nitrogen and oxygen atoms in total. The van der Waals surface area contributed by atoms with E-state index in [4.69, 9.17) is 4.74 Å². The fourth-order valence-electron chi connectivity index (χ4n) is 3.48. The number of fused-ring (bicyclic) bond motifs is 1. The van der Waals surface area contributed by atoms with Crippen LogP contribution < -0.4 is 0 Å². The second-order valence-electron chi connectivity index (χ2n) is 5.61. The van der Waals surface area contributed by atoms with Crippen LogP contribution in [0.5, 0.6) is 0 Å². The van der Waals surface area contributed by atoms with Gasteiger partial charge in [0.25, 0.3) is 0 Å². The minimum Gasteiger partial charge on any atom is -0.465 e. The summed E-state index contributed by atoms with van der Waals surface area (Å²) in [4.78, 5) is 24.2. The van der Waals surface area contributed by atoms with Crippen LogP contribution in [0.3, 0.4) is 0 Å². The molecule has 2 fully saturated rings. The summed E-state index contributed by atoms with van der Waals surface area (Å²) in [5.74, 6) is 0.126.